The van der Waals surface area contributed by atoms with Gasteiger partial charge in [0.1, 0.15) is 5.75 Å². The maximum atomic E-state index is 13.9. The lowest BCUT2D eigenvalue weighted by Crippen LogP contribution is -2.57. The number of nitrogens with one attached hydrogen (secondary N) is 1. The molecule has 3 aliphatic rings. The Morgan fingerprint density at radius 3 is 2.32 bits per heavy atom. The van der Waals surface area contributed by atoms with Crippen molar-refractivity contribution in [3.05, 3.63) is 53.6 Å². The lowest BCUT2D eigenvalue weighted by atomic mass is 9.87. The van der Waals surface area contributed by atoms with E-state index in [-0.39, 0.29) is 18.8 Å². The zero-order valence-electron chi connectivity index (χ0n) is 22.3. The van der Waals surface area contributed by atoms with Crippen LogP contribution in [0.4, 0.5) is 0 Å². The summed E-state index contributed by atoms with van der Waals surface area (Å²) in [5.41, 5.74) is 6.14. The highest BCUT2D eigenvalue weighted by Gasteiger charge is 2.64. The third kappa shape index (κ3) is 4.62. The van der Waals surface area contributed by atoms with Crippen molar-refractivity contribution >= 4 is 15.9 Å². The Bertz CT molecular complexity index is 1300. The number of piperidine rings is 1. The lowest BCUT2D eigenvalue weighted by Gasteiger charge is -2.38. The maximum absolute atomic E-state index is 13.9. The van der Waals surface area contributed by atoms with E-state index in [1.165, 1.54) is 9.87 Å². The molecule has 3 fully saturated rings. The first-order chi connectivity index (χ1) is 18.0. The average molecular weight is 545 g/mol. The van der Waals surface area contributed by atoms with E-state index in [0.29, 0.717) is 25.9 Å². The zero-order valence-corrected chi connectivity index (χ0v) is 23.1. The Labute approximate surface area is 224 Å². The Kier molecular flexibility index (Phi) is 7.06. The molecule has 0 aromatic heterocycles. The number of nitrogens with zero attached hydrogens (tertiary/aromatic N) is 1. The molecule has 2 aliphatic heterocycles. The highest BCUT2D eigenvalue weighted by molar-refractivity contribution is 7.91. The predicted molar refractivity (Wildman–Crippen MR) is 141 cm³/mol. The zero-order chi connectivity index (χ0) is 27.3. The van der Waals surface area contributed by atoms with Crippen molar-refractivity contribution in [3.8, 4) is 16.9 Å². The first-order valence-electron chi connectivity index (χ1n) is 13.0. The third-order valence-electron chi connectivity index (χ3n) is 8.25. The molecule has 1 amide bonds. The second-order valence-corrected chi connectivity index (χ2v) is 13.3. The van der Waals surface area contributed by atoms with Gasteiger partial charge in [0, 0.05) is 25.9 Å². The Balaban J connectivity index is 1.31. The van der Waals surface area contributed by atoms with Gasteiger partial charge in [0.25, 0.3) is 5.91 Å². The minimum absolute atomic E-state index is 0.0549. The first kappa shape index (κ1) is 27.1. The number of sulfonamides is 1. The quantitative estimate of drug-likeness (QED) is 0.421. The number of methoxy groups -OCH3 is 1. The number of fused-ring (bicyclic) bond motifs is 1. The highest BCUT2D eigenvalue weighted by Crippen LogP contribution is 2.48. The summed E-state index contributed by atoms with van der Waals surface area (Å²) in [6, 6.07) is 14.4. The van der Waals surface area contributed by atoms with Gasteiger partial charge in [-0.1, -0.05) is 30.3 Å². The van der Waals surface area contributed by atoms with Crippen molar-refractivity contribution in [3.63, 3.8) is 0 Å². The van der Waals surface area contributed by atoms with Crippen LogP contribution >= 0.6 is 0 Å². The molecule has 1 aliphatic carbocycles. The molecule has 2 aromatic rings. The molecular weight excluding hydrogens is 508 g/mol. The van der Waals surface area contributed by atoms with Crippen LogP contribution in [0, 0.1) is 6.92 Å². The van der Waals surface area contributed by atoms with E-state index in [0.717, 1.165) is 22.4 Å². The van der Waals surface area contributed by atoms with Crippen LogP contribution in [0.5, 0.6) is 5.75 Å². The summed E-state index contributed by atoms with van der Waals surface area (Å²) >= 11 is 0. The summed E-state index contributed by atoms with van der Waals surface area (Å²) in [4.78, 5) is 12.8. The molecule has 2 atom stereocenters. The lowest BCUT2D eigenvalue weighted by molar-refractivity contribution is -0.157. The minimum atomic E-state index is -4.09. The molecule has 206 valence electrons. The van der Waals surface area contributed by atoms with Crippen molar-refractivity contribution in [2.45, 2.75) is 75.1 Å². The van der Waals surface area contributed by atoms with E-state index in [4.69, 9.17) is 14.2 Å². The van der Waals surface area contributed by atoms with Crippen LogP contribution in [-0.2, 0) is 24.3 Å². The second kappa shape index (κ2) is 9.91. The molecule has 10 heteroatoms. The van der Waals surface area contributed by atoms with Crippen molar-refractivity contribution in [2.75, 3.05) is 20.2 Å². The van der Waals surface area contributed by atoms with Crippen LogP contribution in [0.15, 0.2) is 42.5 Å². The van der Waals surface area contributed by atoms with Crippen LogP contribution in [0.3, 0.4) is 0 Å². The van der Waals surface area contributed by atoms with Gasteiger partial charge in [-0.05, 0) is 73.9 Å². The highest BCUT2D eigenvalue weighted by atomic mass is 32.2. The summed E-state index contributed by atoms with van der Waals surface area (Å²) in [5.74, 6) is -0.750. The number of carbonyl (C=O) groups excluding carboxylic acids is 1. The van der Waals surface area contributed by atoms with E-state index < -0.39 is 38.7 Å². The molecule has 2 heterocycles. The summed E-state index contributed by atoms with van der Waals surface area (Å²) < 4.78 is 44.5. The monoisotopic (exact) mass is 544 g/mol. The smallest absolute Gasteiger partial charge is 0.266 e. The molecule has 0 bridgehead atoms. The van der Waals surface area contributed by atoms with Gasteiger partial charge >= 0.3 is 0 Å². The fraction of sp³-hybridized carbons (Fsp3) is 0.536. The van der Waals surface area contributed by atoms with Gasteiger partial charge in [-0.15, -0.1) is 0 Å². The molecule has 5 rings (SSSR count). The molecule has 2 N–H and O–H groups in total. The molecular formula is C28H36N2O7S. The van der Waals surface area contributed by atoms with Crippen molar-refractivity contribution in [1.29, 1.82) is 0 Å². The summed E-state index contributed by atoms with van der Waals surface area (Å²) in [5, 5.41) is 9.47. The van der Waals surface area contributed by atoms with Gasteiger partial charge in [0.2, 0.25) is 10.0 Å². The Morgan fingerprint density at radius 1 is 1.08 bits per heavy atom. The van der Waals surface area contributed by atoms with Crippen LogP contribution in [-0.4, -0.2) is 66.8 Å². The van der Waals surface area contributed by atoms with Crippen LogP contribution in [0.1, 0.15) is 56.6 Å². The SMILES string of the molecule is COc1cccc(-c2ccc(C3CCN(S(=O)(=O)C4(C(=O)NO)CC5OC(C)(C)OC5C4)CC3)cc2C)c1. The summed E-state index contributed by atoms with van der Waals surface area (Å²) in [7, 11) is -2.43. The fourth-order valence-corrected chi connectivity index (χ4v) is 8.55. The van der Waals surface area contributed by atoms with E-state index >= 15 is 0 Å². The Hall–Kier alpha value is -2.50. The van der Waals surface area contributed by atoms with E-state index in [9.17, 15) is 18.4 Å². The number of carbonyl (C=O) groups is 1. The van der Waals surface area contributed by atoms with Crippen molar-refractivity contribution < 1.29 is 32.6 Å². The fourth-order valence-electron chi connectivity index (χ4n) is 6.34. The number of hydrogen-bond donors (Lipinski definition) is 2. The first-order valence-corrected chi connectivity index (χ1v) is 14.5. The molecule has 38 heavy (non-hydrogen) atoms. The predicted octanol–water partition coefficient (Wildman–Crippen LogP) is 3.74. The van der Waals surface area contributed by atoms with Gasteiger partial charge in [0.05, 0.1) is 19.3 Å². The Morgan fingerprint density at radius 2 is 1.74 bits per heavy atom. The van der Waals surface area contributed by atoms with Crippen molar-refractivity contribution in [2.24, 2.45) is 0 Å². The van der Waals surface area contributed by atoms with Crippen LogP contribution in [0.25, 0.3) is 11.1 Å². The topological polar surface area (TPSA) is 114 Å². The van der Waals surface area contributed by atoms with Crippen molar-refractivity contribution in [1.82, 2.24) is 9.79 Å². The minimum Gasteiger partial charge on any atom is -0.497 e. The van der Waals surface area contributed by atoms with Gasteiger partial charge in [-0.2, -0.15) is 0 Å². The average Bonchev–Trinajstić information content (AvgIpc) is 3.39. The molecule has 2 aromatic carbocycles. The van der Waals surface area contributed by atoms with E-state index in [1.807, 2.05) is 18.2 Å². The van der Waals surface area contributed by atoms with E-state index in [1.54, 1.807) is 26.4 Å². The second-order valence-electron chi connectivity index (χ2n) is 11.0. The van der Waals surface area contributed by atoms with E-state index in [2.05, 4.69) is 31.2 Å². The largest absolute Gasteiger partial charge is 0.497 e. The standard InChI is InChI=1S/C28H36N2O7S/c1-18-14-20(8-9-23(18)21-6-5-7-22(15-21)35-4)19-10-12-30(13-11-19)38(33,34)28(26(31)29-32)16-24-25(17-28)37-27(2,3)36-24/h5-9,14-15,19,24-25,32H,10-13,16-17H2,1-4H3,(H,29,31). The third-order valence-corrected chi connectivity index (χ3v) is 10.8. The van der Waals surface area contributed by atoms with Gasteiger partial charge < -0.3 is 14.2 Å². The number of benzene rings is 2. The molecule has 0 radical (unpaired) electrons. The number of aryl methyl sites for hydroxylation is 1. The summed E-state index contributed by atoms with van der Waals surface area (Å²) in [6.45, 7) is 6.21. The maximum Gasteiger partial charge on any atom is 0.266 e. The molecule has 0 spiro atoms. The number of rotatable bonds is 6. The van der Waals surface area contributed by atoms with Crippen LogP contribution in [0.2, 0.25) is 0 Å². The number of ether oxygens (including phenoxy) is 3. The van der Waals surface area contributed by atoms with Gasteiger partial charge in [-0.25, -0.2) is 18.2 Å². The molecule has 1 saturated carbocycles. The van der Waals surface area contributed by atoms with Crippen LogP contribution < -0.4 is 10.2 Å². The number of hydroxylamine groups is 1. The van der Waals surface area contributed by atoms with Gasteiger partial charge in [0.15, 0.2) is 10.5 Å². The molecule has 2 saturated heterocycles. The molecule has 9 nitrogen and oxygen atoms in total. The molecule has 2 unspecified atom stereocenters. The number of amides is 1. The summed E-state index contributed by atoms with van der Waals surface area (Å²) in [6.07, 6.45) is 0.115. The normalized spacial score (nSPS) is 27.7. The van der Waals surface area contributed by atoms with Gasteiger partial charge in [-0.3, -0.25) is 10.0 Å². The number of hydrogen-bond acceptors (Lipinski definition) is 7.